The van der Waals surface area contributed by atoms with E-state index in [4.69, 9.17) is 9.66 Å². The summed E-state index contributed by atoms with van der Waals surface area (Å²) in [4.78, 5) is 35.4. The van der Waals surface area contributed by atoms with Crippen molar-refractivity contribution in [2.24, 2.45) is 0 Å². The average molecular weight is 332 g/mol. The normalized spacial score (nSPS) is 13.4. The van der Waals surface area contributed by atoms with Crippen molar-refractivity contribution in [3.8, 4) is 0 Å². The second-order valence-corrected chi connectivity index (χ2v) is 6.33. The van der Waals surface area contributed by atoms with E-state index in [0.717, 1.165) is 24.3 Å². The van der Waals surface area contributed by atoms with E-state index in [9.17, 15) is 22.8 Å². The Labute approximate surface area is 129 Å². The molecule has 0 fully saturated rings. The van der Waals surface area contributed by atoms with Crippen LogP contribution in [0, 0.1) is 0 Å². The van der Waals surface area contributed by atoms with Crippen molar-refractivity contribution in [2.45, 2.75) is 4.90 Å². The van der Waals surface area contributed by atoms with Gasteiger partial charge in [-0.1, -0.05) is 0 Å². The summed E-state index contributed by atoms with van der Waals surface area (Å²) in [6.07, 6.45) is 0. The molecule has 8 heteroatoms. The molecule has 7 nitrogen and oxygen atoms in total. The monoisotopic (exact) mass is 332 g/mol. The number of ketones is 2. The molecule has 0 bridgehead atoms. The standard InChI is InChI=1S/C15H8O7S/c16-13-10-4-2-8(23(20,21)22)6-12(10)14(17)9-3-1-7(15(18)19)5-11(9)13/h1-6H,(H,18,19)(H,20,21,22). The maximum atomic E-state index is 12.4. The first-order valence-corrected chi connectivity index (χ1v) is 7.72. The third-order valence-electron chi connectivity index (χ3n) is 3.53. The summed E-state index contributed by atoms with van der Waals surface area (Å²) in [5.41, 5.74) is -0.400. The molecule has 0 spiro atoms. The highest BCUT2D eigenvalue weighted by molar-refractivity contribution is 7.85. The molecule has 0 atom stereocenters. The Bertz CT molecular complexity index is 1000. The highest BCUT2D eigenvalue weighted by Crippen LogP contribution is 2.29. The number of carbonyl (C=O) groups is 3. The van der Waals surface area contributed by atoms with Crippen LogP contribution in [-0.4, -0.2) is 35.6 Å². The van der Waals surface area contributed by atoms with Gasteiger partial charge in [0.15, 0.2) is 11.6 Å². The van der Waals surface area contributed by atoms with E-state index in [1.165, 1.54) is 12.1 Å². The van der Waals surface area contributed by atoms with Gasteiger partial charge in [-0.2, -0.15) is 8.42 Å². The van der Waals surface area contributed by atoms with Gasteiger partial charge in [0.25, 0.3) is 10.1 Å². The molecule has 23 heavy (non-hydrogen) atoms. The summed E-state index contributed by atoms with van der Waals surface area (Å²) >= 11 is 0. The van der Waals surface area contributed by atoms with Crippen LogP contribution in [0.3, 0.4) is 0 Å². The van der Waals surface area contributed by atoms with Crippen LogP contribution >= 0.6 is 0 Å². The van der Waals surface area contributed by atoms with Gasteiger partial charge in [-0.3, -0.25) is 14.1 Å². The minimum absolute atomic E-state index is 0.0139. The number of hydrogen-bond acceptors (Lipinski definition) is 5. The third kappa shape index (κ3) is 2.33. The molecule has 1 aliphatic carbocycles. The van der Waals surface area contributed by atoms with E-state index >= 15 is 0 Å². The molecule has 0 aromatic heterocycles. The molecule has 2 aromatic carbocycles. The predicted octanol–water partition coefficient (Wildman–Crippen LogP) is 1.41. The minimum atomic E-state index is -4.51. The average Bonchev–Trinajstić information content (AvgIpc) is 2.50. The molecule has 3 rings (SSSR count). The zero-order valence-corrected chi connectivity index (χ0v) is 12.1. The summed E-state index contributed by atoms with van der Waals surface area (Å²) in [6.45, 7) is 0. The highest BCUT2D eigenvalue weighted by atomic mass is 32.2. The van der Waals surface area contributed by atoms with Gasteiger partial charge in [0.1, 0.15) is 0 Å². The van der Waals surface area contributed by atoms with Crippen LogP contribution < -0.4 is 0 Å². The topological polar surface area (TPSA) is 126 Å². The van der Waals surface area contributed by atoms with Crippen molar-refractivity contribution >= 4 is 27.7 Å². The molecule has 0 aliphatic heterocycles. The van der Waals surface area contributed by atoms with Crippen LogP contribution in [0.5, 0.6) is 0 Å². The van der Waals surface area contributed by atoms with Crippen molar-refractivity contribution in [1.29, 1.82) is 0 Å². The number of carboxylic acids is 1. The van der Waals surface area contributed by atoms with Gasteiger partial charge in [0, 0.05) is 22.3 Å². The van der Waals surface area contributed by atoms with Gasteiger partial charge in [0.05, 0.1) is 10.5 Å². The minimum Gasteiger partial charge on any atom is -0.478 e. The van der Waals surface area contributed by atoms with E-state index in [1.807, 2.05) is 0 Å². The Morgan fingerprint density at radius 1 is 0.826 bits per heavy atom. The molecule has 0 saturated carbocycles. The van der Waals surface area contributed by atoms with Crippen LogP contribution in [0.4, 0.5) is 0 Å². The van der Waals surface area contributed by atoms with E-state index in [0.29, 0.717) is 0 Å². The molecule has 0 saturated heterocycles. The molecule has 2 N–H and O–H groups in total. The summed E-state index contributed by atoms with van der Waals surface area (Å²) in [5.74, 6) is -2.43. The van der Waals surface area contributed by atoms with Crippen molar-refractivity contribution in [3.05, 3.63) is 64.2 Å². The van der Waals surface area contributed by atoms with E-state index in [-0.39, 0.29) is 27.8 Å². The first-order chi connectivity index (χ1) is 10.7. The predicted molar refractivity (Wildman–Crippen MR) is 76.5 cm³/mol. The quantitative estimate of drug-likeness (QED) is 0.679. The summed E-state index contributed by atoms with van der Waals surface area (Å²) in [7, 11) is -4.51. The van der Waals surface area contributed by atoms with Crippen molar-refractivity contribution in [1.82, 2.24) is 0 Å². The number of carboxylic acid groups (broad SMARTS) is 1. The third-order valence-corrected chi connectivity index (χ3v) is 4.38. The fourth-order valence-electron chi connectivity index (χ4n) is 2.42. The fourth-order valence-corrected chi connectivity index (χ4v) is 2.93. The summed E-state index contributed by atoms with van der Waals surface area (Å²) in [6, 6.07) is 6.56. The van der Waals surface area contributed by atoms with Gasteiger partial charge < -0.3 is 5.11 Å². The van der Waals surface area contributed by atoms with Crippen molar-refractivity contribution < 1.29 is 32.5 Å². The first-order valence-electron chi connectivity index (χ1n) is 6.28. The number of hydrogen-bond donors (Lipinski definition) is 2. The number of carbonyl (C=O) groups excluding carboxylic acids is 2. The molecule has 0 unspecified atom stereocenters. The van der Waals surface area contributed by atoms with Gasteiger partial charge in [0.2, 0.25) is 0 Å². The van der Waals surface area contributed by atoms with Gasteiger partial charge in [-0.25, -0.2) is 4.79 Å². The van der Waals surface area contributed by atoms with Crippen LogP contribution in [0.2, 0.25) is 0 Å². The maximum absolute atomic E-state index is 12.4. The van der Waals surface area contributed by atoms with E-state index < -0.39 is 32.5 Å². The van der Waals surface area contributed by atoms with Gasteiger partial charge >= 0.3 is 5.97 Å². The largest absolute Gasteiger partial charge is 0.478 e. The van der Waals surface area contributed by atoms with Crippen LogP contribution in [-0.2, 0) is 10.1 Å². The Balaban J connectivity index is 2.24. The van der Waals surface area contributed by atoms with Gasteiger partial charge in [-0.15, -0.1) is 0 Å². The summed E-state index contributed by atoms with van der Waals surface area (Å²) in [5, 5.41) is 8.97. The van der Waals surface area contributed by atoms with Crippen molar-refractivity contribution in [2.75, 3.05) is 0 Å². The SMILES string of the molecule is O=C(O)c1ccc2c(c1)C(=O)c1ccc(S(=O)(=O)O)cc1C2=O. The van der Waals surface area contributed by atoms with Crippen LogP contribution in [0.25, 0.3) is 0 Å². The highest BCUT2D eigenvalue weighted by Gasteiger charge is 2.31. The number of aromatic carboxylic acids is 1. The molecule has 0 heterocycles. The first kappa shape index (κ1) is 15.1. The lowest BCUT2D eigenvalue weighted by Crippen LogP contribution is -2.22. The molecular formula is C15H8O7S. The Hall–Kier alpha value is -2.84. The van der Waals surface area contributed by atoms with Crippen molar-refractivity contribution in [3.63, 3.8) is 0 Å². The molecule has 0 radical (unpaired) electrons. The zero-order valence-electron chi connectivity index (χ0n) is 11.3. The second kappa shape index (κ2) is 4.83. The maximum Gasteiger partial charge on any atom is 0.335 e. The van der Waals surface area contributed by atoms with E-state index in [1.54, 1.807) is 0 Å². The van der Waals surface area contributed by atoms with Crippen LogP contribution in [0.1, 0.15) is 42.2 Å². The summed E-state index contributed by atoms with van der Waals surface area (Å²) < 4.78 is 31.4. The number of fused-ring (bicyclic) bond motifs is 2. The molecule has 1 aliphatic rings. The smallest absolute Gasteiger partial charge is 0.335 e. The zero-order chi connectivity index (χ0) is 16.9. The van der Waals surface area contributed by atoms with Crippen LogP contribution in [0.15, 0.2) is 41.3 Å². The molecular weight excluding hydrogens is 324 g/mol. The number of benzene rings is 2. The Kier molecular flexibility index (Phi) is 3.17. The van der Waals surface area contributed by atoms with Gasteiger partial charge in [-0.05, 0) is 36.4 Å². The molecule has 116 valence electrons. The lowest BCUT2D eigenvalue weighted by atomic mass is 9.83. The number of rotatable bonds is 2. The fraction of sp³-hybridized carbons (Fsp3) is 0. The lowest BCUT2D eigenvalue weighted by molar-refractivity contribution is 0.0696. The molecule has 0 amide bonds. The second-order valence-electron chi connectivity index (χ2n) is 4.91. The Morgan fingerprint density at radius 2 is 1.35 bits per heavy atom. The Morgan fingerprint density at radius 3 is 1.87 bits per heavy atom. The molecule has 2 aromatic rings. The van der Waals surface area contributed by atoms with E-state index in [2.05, 4.69) is 0 Å². The lowest BCUT2D eigenvalue weighted by Gasteiger charge is -2.18.